The summed E-state index contributed by atoms with van der Waals surface area (Å²) in [6, 6.07) is 10.4. The third-order valence-electron chi connectivity index (χ3n) is 3.38. The van der Waals surface area contributed by atoms with Crippen LogP contribution in [0.3, 0.4) is 0 Å². The highest BCUT2D eigenvalue weighted by atomic mass is 35.5. The summed E-state index contributed by atoms with van der Waals surface area (Å²) in [6.07, 6.45) is 1.93. The number of rotatable bonds is 6. The molecule has 2 aromatic rings. The van der Waals surface area contributed by atoms with E-state index < -0.39 is 0 Å². The predicted octanol–water partition coefficient (Wildman–Crippen LogP) is 4.83. The van der Waals surface area contributed by atoms with E-state index in [1.54, 1.807) is 0 Å². The van der Waals surface area contributed by atoms with Gasteiger partial charge in [0, 0.05) is 5.02 Å². The van der Waals surface area contributed by atoms with E-state index in [9.17, 15) is 0 Å². The van der Waals surface area contributed by atoms with Crippen LogP contribution >= 0.6 is 11.6 Å². The third-order valence-corrected chi connectivity index (χ3v) is 3.73. The first-order valence-corrected chi connectivity index (χ1v) is 7.52. The highest BCUT2D eigenvalue weighted by Gasteiger charge is 2.16. The zero-order chi connectivity index (χ0) is 14.5. The van der Waals surface area contributed by atoms with E-state index >= 15 is 0 Å². The Balaban J connectivity index is 2.18. The fourth-order valence-electron chi connectivity index (χ4n) is 2.27. The molecule has 1 heterocycles. The molecular weight excluding hydrogens is 270 g/mol. The third kappa shape index (κ3) is 3.87. The number of hydrogen-bond donors (Lipinski definition) is 1. The van der Waals surface area contributed by atoms with Gasteiger partial charge in [-0.05, 0) is 62.6 Å². The number of halogens is 1. The van der Waals surface area contributed by atoms with Crippen molar-refractivity contribution < 1.29 is 4.42 Å². The van der Waals surface area contributed by atoms with Crippen molar-refractivity contribution >= 4 is 11.6 Å². The van der Waals surface area contributed by atoms with Gasteiger partial charge in [0.25, 0.3) is 0 Å². The minimum atomic E-state index is 0.170. The van der Waals surface area contributed by atoms with E-state index in [-0.39, 0.29) is 6.04 Å². The van der Waals surface area contributed by atoms with Crippen LogP contribution in [0.1, 0.15) is 42.0 Å². The van der Waals surface area contributed by atoms with Crippen molar-refractivity contribution in [3.63, 3.8) is 0 Å². The summed E-state index contributed by atoms with van der Waals surface area (Å²) < 4.78 is 5.77. The van der Waals surface area contributed by atoms with Crippen LogP contribution < -0.4 is 5.32 Å². The molecule has 1 aromatic heterocycles. The molecule has 20 heavy (non-hydrogen) atoms. The molecule has 108 valence electrons. The van der Waals surface area contributed by atoms with E-state index in [1.165, 1.54) is 5.56 Å². The van der Waals surface area contributed by atoms with Crippen LogP contribution in [-0.4, -0.2) is 6.54 Å². The van der Waals surface area contributed by atoms with E-state index in [1.807, 2.05) is 25.1 Å². The van der Waals surface area contributed by atoms with Crippen molar-refractivity contribution in [3.05, 3.63) is 58.0 Å². The van der Waals surface area contributed by atoms with Gasteiger partial charge in [0.15, 0.2) is 0 Å². The second kappa shape index (κ2) is 6.96. The zero-order valence-corrected chi connectivity index (χ0v) is 13.1. The standard InChI is InChI=1S/C17H22ClNO/c1-4-9-19-16(17-8-6-13(3)20-17)11-14-7-5-12(2)10-15(14)18/h5-8,10,16,19H,4,9,11H2,1-3H3. The van der Waals surface area contributed by atoms with E-state index in [4.69, 9.17) is 16.0 Å². The Morgan fingerprint density at radius 2 is 2.00 bits per heavy atom. The van der Waals surface area contributed by atoms with Crippen molar-refractivity contribution in [2.24, 2.45) is 0 Å². The Bertz CT molecular complexity index is 562. The van der Waals surface area contributed by atoms with E-state index in [0.29, 0.717) is 0 Å². The zero-order valence-electron chi connectivity index (χ0n) is 12.4. The maximum absolute atomic E-state index is 6.34. The molecule has 0 spiro atoms. The molecule has 0 radical (unpaired) electrons. The average molecular weight is 292 g/mol. The number of nitrogens with one attached hydrogen (secondary N) is 1. The number of benzene rings is 1. The van der Waals surface area contributed by atoms with E-state index in [2.05, 4.69) is 31.3 Å². The molecule has 0 aliphatic rings. The Hall–Kier alpha value is -1.25. The van der Waals surface area contributed by atoms with Gasteiger partial charge < -0.3 is 9.73 Å². The smallest absolute Gasteiger partial charge is 0.121 e. The van der Waals surface area contributed by atoms with Crippen molar-refractivity contribution in [1.82, 2.24) is 5.32 Å². The van der Waals surface area contributed by atoms with Crippen LogP contribution in [0.2, 0.25) is 5.02 Å². The first kappa shape index (κ1) is 15.1. The van der Waals surface area contributed by atoms with Crippen molar-refractivity contribution in [1.29, 1.82) is 0 Å². The molecule has 1 N–H and O–H groups in total. The number of furan rings is 1. The molecule has 0 saturated carbocycles. The second-order valence-electron chi connectivity index (χ2n) is 5.25. The monoisotopic (exact) mass is 291 g/mol. The van der Waals surface area contributed by atoms with Gasteiger partial charge in [0.1, 0.15) is 11.5 Å². The van der Waals surface area contributed by atoms with Crippen molar-refractivity contribution in [3.8, 4) is 0 Å². The van der Waals surface area contributed by atoms with Crippen LogP contribution in [0.15, 0.2) is 34.7 Å². The topological polar surface area (TPSA) is 25.2 Å². The lowest BCUT2D eigenvalue weighted by Gasteiger charge is -2.17. The molecule has 0 aliphatic carbocycles. The Morgan fingerprint density at radius 3 is 2.60 bits per heavy atom. The molecule has 0 saturated heterocycles. The SMILES string of the molecule is CCCNC(Cc1ccc(C)cc1Cl)c1ccc(C)o1. The summed E-state index contributed by atoms with van der Waals surface area (Å²) >= 11 is 6.34. The summed E-state index contributed by atoms with van der Waals surface area (Å²) in [4.78, 5) is 0. The van der Waals surface area contributed by atoms with Crippen LogP contribution in [0.4, 0.5) is 0 Å². The van der Waals surface area contributed by atoms with Crippen LogP contribution in [-0.2, 0) is 6.42 Å². The molecule has 1 aromatic carbocycles. The first-order chi connectivity index (χ1) is 9.60. The molecule has 0 fully saturated rings. The molecule has 0 bridgehead atoms. The number of aryl methyl sites for hydroxylation is 2. The molecule has 2 rings (SSSR count). The Labute approximate surface area is 126 Å². The second-order valence-corrected chi connectivity index (χ2v) is 5.66. The Morgan fingerprint density at radius 1 is 1.20 bits per heavy atom. The molecule has 3 heteroatoms. The molecule has 2 nitrogen and oxygen atoms in total. The normalized spacial score (nSPS) is 12.6. The predicted molar refractivity (Wildman–Crippen MR) is 84.4 cm³/mol. The van der Waals surface area contributed by atoms with Gasteiger partial charge in [-0.2, -0.15) is 0 Å². The van der Waals surface area contributed by atoms with E-state index in [0.717, 1.165) is 41.5 Å². The van der Waals surface area contributed by atoms with Crippen LogP contribution in [0.5, 0.6) is 0 Å². The fourth-order valence-corrected chi connectivity index (χ4v) is 2.58. The maximum Gasteiger partial charge on any atom is 0.121 e. The molecular formula is C17H22ClNO. The largest absolute Gasteiger partial charge is 0.465 e. The quantitative estimate of drug-likeness (QED) is 0.824. The van der Waals surface area contributed by atoms with Gasteiger partial charge in [-0.15, -0.1) is 0 Å². The van der Waals surface area contributed by atoms with Gasteiger partial charge >= 0.3 is 0 Å². The van der Waals surface area contributed by atoms with Crippen molar-refractivity contribution in [2.45, 2.75) is 39.7 Å². The molecule has 1 unspecified atom stereocenters. The number of hydrogen-bond acceptors (Lipinski definition) is 2. The van der Waals surface area contributed by atoms with Gasteiger partial charge in [0.2, 0.25) is 0 Å². The Kier molecular flexibility index (Phi) is 5.27. The summed E-state index contributed by atoms with van der Waals surface area (Å²) in [6.45, 7) is 7.15. The summed E-state index contributed by atoms with van der Waals surface area (Å²) in [5, 5.41) is 4.37. The van der Waals surface area contributed by atoms with Crippen molar-refractivity contribution in [2.75, 3.05) is 6.54 Å². The lowest BCUT2D eigenvalue weighted by atomic mass is 10.0. The summed E-state index contributed by atoms with van der Waals surface area (Å²) in [5.41, 5.74) is 2.34. The lowest BCUT2D eigenvalue weighted by Crippen LogP contribution is -2.23. The lowest BCUT2D eigenvalue weighted by molar-refractivity contribution is 0.398. The fraction of sp³-hybridized carbons (Fsp3) is 0.412. The van der Waals surface area contributed by atoms with Gasteiger partial charge in [-0.25, -0.2) is 0 Å². The van der Waals surface area contributed by atoms with Gasteiger partial charge in [0.05, 0.1) is 6.04 Å². The molecule has 0 aliphatic heterocycles. The van der Waals surface area contributed by atoms with Crippen LogP contribution in [0.25, 0.3) is 0 Å². The minimum absolute atomic E-state index is 0.170. The minimum Gasteiger partial charge on any atom is -0.465 e. The molecule has 0 amide bonds. The summed E-state index contributed by atoms with van der Waals surface area (Å²) in [5.74, 6) is 1.92. The average Bonchev–Trinajstić information content (AvgIpc) is 2.83. The van der Waals surface area contributed by atoms with Gasteiger partial charge in [-0.1, -0.05) is 30.7 Å². The summed E-state index contributed by atoms with van der Waals surface area (Å²) in [7, 11) is 0. The maximum atomic E-state index is 6.34. The van der Waals surface area contributed by atoms with Gasteiger partial charge in [-0.3, -0.25) is 0 Å². The first-order valence-electron chi connectivity index (χ1n) is 7.15. The molecule has 1 atom stereocenters. The highest BCUT2D eigenvalue weighted by Crippen LogP contribution is 2.25. The highest BCUT2D eigenvalue weighted by molar-refractivity contribution is 6.31. The van der Waals surface area contributed by atoms with Crippen LogP contribution in [0, 0.1) is 13.8 Å².